The molecule has 0 rings (SSSR count). The van der Waals surface area contributed by atoms with E-state index in [1.807, 2.05) is 0 Å². The summed E-state index contributed by atoms with van der Waals surface area (Å²) in [5.41, 5.74) is -5.27. The molecule has 0 N–H and O–H groups in total. The first-order chi connectivity index (χ1) is 4.31. The van der Waals surface area contributed by atoms with Crippen LogP contribution >= 0.6 is 0 Å². The molecule has 0 radical (unpaired) electrons. The van der Waals surface area contributed by atoms with E-state index in [4.69, 9.17) is 0 Å². The first kappa shape index (κ1) is 10.2. The lowest BCUT2D eigenvalue weighted by Crippen LogP contribution is -2.26. The molecule has 0 aliphatic heterocycles. The number of hydrogen-bond donors (Lipinski definition) is 0. The molecule has 0 aromatic rings. The van der Waals surface area contributed by atoms with Crippen molar-refractivity contribution in [3.63, 3.8) is 0 Å². The summed E-state index contributed by atoms with van der Waals surface area (Å²) in [7, 11) is -5.29. The molecule has 3 nitrogen and oxygen atoms in total. The van der Waals surface area contributed by atoms with Gasteiger partial charge < -0.3 is 3.23 Å². The molecular formula is C2H4AlF3O3S. The number of hydrogen-bond acceptors (Lipinski definition) is 3. The molecule has 10 heavy (non-hydrogen) atoms. The Labute approximate surface area is 62.3 Å². The van der Waals surface area contributed by atoms with Gasteiger partial charge in [-0.3, -0.25) is 0 Å². The van der Waals surface area contributed by atoms with E-state index < -0.39 is 31.2 Å². The highest BCUT2D eigenvalue weighted by atomic mass is 32.2. The summed E-state index contributed by atoms with van der Waals surface area (Å²) in [6, 6.07) is 0. The Morgan fingerprint density at radius 3 is 1.90 bits per heavy atom. The van der Waals surface area contributed by atoms with Crippen molar-refractivity contribution < 1.29 is 24.8 Å². The third kappa shape index (κ3) is 2.46. The van der Waals surface area contributed by atoms with Gasteiger partial charge in [-0.2, -0.15) is 21.6 Å². The van der Waals surface area contributed by atoms with Gasteiger partial charge >= 0.3 is 31.2 Å². The Balaban J connectivity index is 4.44. The zero-order chi connectivity index (χ0) is 8.41. The van der Waals surface area contributed by atoms with Crippen molar-refractivity contribution in [3.8, 4) is 0 Å². The smallest absolute Gasteiger partial charge is 0.395 e. The van der Waals surface area contributed by atoms with Crippen LogP contribution < -0.4 is 0 Å². The normalized spacial score (nSPS) is 13.2. The predicted octanol–water partition coefficient (Wildman–Crippen LogP) is 0.252. The molecule has 8 heteroatoms. The average molecular weight is 192 g/mol. The van der Waals surface area contributed by atoms with E-state index >= 15 is 0 Å². The maximum atomic E-state index is 11.3. The molecule has 0 aliphatic carbocycles. The van der Waals surface area contributed by atoms with Gasteiger partial charge in [-0.05, 0) is 0 Å². The Morgan fingerprint density at radius 1 is 1.40 bits per heavy atom. The van der Waals surface area contributed by atoms with Crippen molar-refractivity contribution in [2.75, 3.05) is 0 Å². The third-order valence-corrected chi connectivity index (χ3v) is 3.31. The fourth-order valence-electron chi connectivity index (χ4n) is 0.222. The maximum absolute atomic E-state index is 11.3. The summed E-state index contributed by atoms with van der Waals surface area (Å²) in [5, 5.41) is 0. The summed E-state index contributed by atoms with van der Waals surface area (Å²) in [5.74, 6) is 1.29. The molecule has 0 aromatic heterocycles. The van der Waals surface area contributed by atoms with E-state index in [-0.39, 0.29) is 0 Å². The quantitative estimate of drug-likeness (QED) is 0.465. The zero-order valence-electron chi connectivity index (χ0n) is 4.97. The summed E-state index contributed by atoms with van der Waals surface area (Å²) >= 11 is -1.58. The summed E-state index contributed by atoms with van der Waals surface area (Å²) in [6.45, 7) is 0. The lowest BCUT2D eigenvalue weighted by molar-refractivity contribution is -0.0499. The van der Waals surface area contributed by atoms with E-state index in [9.17, 15) is 21.6 Å². The Kier molecular flexibility index (Phi) is 3.16. The van der Waals surface area contributed by atoms with Crippen LogP contribution in [0.5, 0.6) is 0 Å². The molecule has 0 unspecified atom stereocenters. The van der Waals surface area contributed by atoms with Crippen LogP contribution in [0.15, 0.2) is 0 Å². The molecular weight excluding hydrogens is 188 g/mol. The van der Waals surface area contributed by atoms with Crippen LogP contribution in [0.4, 0.5) is 13.2 Å². The lowest BCUT2D eigenvalue weighted by Gasteiger charge is -2.06. The molecule has 0 fully saturated rings. The van der Waals surface area contributed by atoms with Gasteiger partial charge in [-0.25, -0.2) is 0 Å². The van der Waals surface area contributed by atoms with Crippen molar-refractivity contribution >= 4 is 25.7 Å². The van der Waals surface area contributed by atoms with Crippen molar-refractivity contribution in [3.05, 3.63) is 0 Å². The monoisotopic (exact) mass is 192 g/mol. The zero-order valence-corrected chi connectivity index (χ0v) is 7.20. The standard InChI is InChI=1S/CHF3O3S.CH3.Al.H/c2-1(3,4)8(5,6)7;;;/h(H,5,6,7);1H3;;/q;;+1;/p-1. The second-order valence-electron chi connectivity index (χ2n) is 1.31. The first-order valence-electron chi connectivity index (χ1n) is 2.27. The maximum Gasteiger partial charge on any atom is 0.520 e. The fourth-order valence-corrected chi connectivity index (χ4v) is 2.00. The van der Waals surface area contributed by atoms with Gasteiger partial charge in [0, 0.05) is 0 Å². The van der Waals surface area contributed by atoms with Gasteiger partial charge in [0.15, 0.2) is 0 Å². The van der Waals surface area contributed by atoms with Crippen molar-refractivity contribution in [2.45, 2.75) is 11.3 Å². The molecule has 0 saturated heterocycles. The van der Waals surface area contributed by atoms with E-state index in [0.717, 1.165) is 0 Å². The van der Waals surface area contributed by atoms with Crippen molar-refractivity contribution in [1.29, 1.82) is 0 Å². The molecule has 0 aromatic carbocycles. The summed E-state index contributed by atoms with van der Waals surface area (Å²) < 4.78 is 57.4. The molecule has 0 heterocycles. The number of rotatable bonds is 2. The van der Waals surface area contributed by atoms with Crippen LogP contribution in [0.3, 0.4) is 0 Å². The molecule has 0 spiro atoms. The predicted molar refractivity (Wildman–Crippen MR) is 29.1 cm³/mol. The van der Waals surface area contributed by atoms with Gasteiger partial charge in [0.25, 0.3) is 0 Å². The van der Waals surface area contributed by atoms with Crippen LogP contribution in [-0.4, -0.2) is 29.5 Å². The van der Waals surface area contributed by atoms with Gasteiger partial charge in [0.1, 0.15) is 0 Å². The third-order valence-electron chi connectivity index (χ3n) is 0.556. The van der Waals surface area contributed by atoms with E-state index in [1.165, 1.54) is 5.79 Å². The minimum absolute atomic E-state index is 1.29. The molecule has 0 bridgehead atoms. The largest absolute Gasteiger partial charge is 0.520 e. The van der Waals surface area contributed by atoms with E-state index in [1.54, 1.807) is 0 Å². The second kappa shape index (κ2) is 3.09. The summed E-state index contributed by atoms with van der Waals surface area (Å²) in [6.07, 6.45) is 0. The fraction of sp³-hybridized carbons (Fsp3) is 1.00. The van der Waals surface area contributed by atoms with Crippen molar-refractivity contribution in [1.82, 2.24) is 0 Å². The molecule has 0 amide bonds. The SMILES string of the molecule is [CH3][AlH][O]S(=O)(=O)C(F)(F)F. The van der Waals surface area contributed by atoms with Gasteiger partial charge in [0.05, 0.1) is 0 Å². The van der Waals surface area contributed by atoms with Crippen LogP contribution in [0, 0.1) is 0 Å². The molecule has 0 saturated carbocycles. The van der Waals surface area contributed by atoms with Crippen LogP contribution in [0.2, 0.25) is 5.79 Å². The minimum atomic E-state index is -5.29. The lowest BCUT2D eigenvalue weighted by atomic mass is 11.6. The Bertz CT molecular complexity index is 194. The average Bonchev–Trinajstić information content (AvgIpc) is 1.61. The van der Waals surface area contributed by atoms with E-state index in [0.29, 0.717) is 0 Å². The van der Waals surface area contributed by atoms with Crippen molar-refractivity contribution in [2.24, 2.45) is 0 Å². The highest BCUT2D eigenvalue weighted by Crippen LogP contribution is 2.23. The first-order valence-corrected chi connectivity index (χ1v) is 5.67. The Hall–Kier alpha value is 0.232. The van der Waals surface area contributed by atoms with Gasteiger partial charge in [-0.1, -0.05) is 5.79 Å². The van der Waals surface area contributed by atoms with Crippen LogP contribution in [-0.2, 0) is 13.4 Å². The second-order valence-corrected chi connectivity index (χ2v) is 4.20. The van der Waals surface area contributed by atoms with Gasteiger partial charge in [0.2, 0.25) is 0 Å². The molecule has 60 valence electrons. The molecule has 0 atom stereocenters. The van der Waals surface area contributed by atoms with Crippen LogP contribution in [0.1, 0.15) is 0 Å². The highest BCUT2D eigenvalue weighted by Gasteiger charge is 2.46. The van der Waals surface area contributed by atoms with Crippen LogP contribution in [0.25, 0.3) is 0 Å². The highest BCUT2D eigenvalue weighted by molar-refractivity contribution is 7.88. The Morgan fingerprint density at radius 2 is 1.80 bits per heavy atom. The topological polar surface area (TPSA) is 43.4 Å². The van der Waals surface area contributed by atoms with E-state index in [2.05, 4.69) is 3.23 Å². The minimum Gasteiger partial charge on any atom is -0.395 e. The van der Waals surface area contributed by atoms with Gasteiger partial charge in [-0.15, -0.1) is 0 Å². The number of alkyl halides is 3. The summed E-state index contributed by atoms with van der Waals surface area (Å²) in [4.78, 5) is 0. The molecule has 0 aliphatic rings. The number of halogens is 3.